The molecule has 44 heavy (non-hydrogen) atoms. The quantitative estimate of drug-likeness (QED) is 0.255. The van der Waals surface area contributed by atoms with Gasteiger partial charge in [0.05, 0.1) is 31.9 Å². The lowest BCUT2D eigenvalue weighted by Gasteiger charge is -2.34. The first-order valence-corrected chi connectivity index (χ1v) is 16.0. The highest BCUT2D eigenvalue weighted by Crippen LogP contribution is 2.32. The lowest BCUT2D eigenvalue weighted by Crippen LogP contribution is -2.53. The fourth-order valence-corrected chi connectivity index (χ4v) is 6.10. The first kappa shape index (κ1) is 34.2. The molecule has 0 bridgehead atoms. The van der Waals surface area contributed by atoms with E-state index in [1.165, 1.54) is 37.3 Å². The highest BCUT2D eigenvalue weighted by Gasteiger charge is 2.34. The average molecular weight is 626 g/mol. The summed E-state index contributed by atoms with van der Waals surface area (Å²) in [5.41, 5.74) is 1.96. The van der Waals surface area contributed by atoms with Crippen LogP contribution in [0.3, 0.4) is 0 Å². The van der Waals surface area contributed by atoms with E-state index in [1.807, 2.05) is 33.8 Å². The molecule has 0 saturated carbocycles. The zero-order valence-electron chi connectivity index (χ0n) is 26.5. The number of ether oxygens (including phenoxy) is 3. The molecule has 0 aliphatic heterocycles. The molecule has 238 valence electrons. The van der Waals surface area contributed by atoms with Gasteiger partial charge in [-0.3, -0.25) is 13.9 Å². The maximum absolute atomic E-state index is 14.3. The van der Waals surface area contributed by atoms with Crippen molar-refractivity contribution < 1.29 is 32.2 Å². The molecule has 3 aromatic rings. The van der Waals surface area contributed by atoms with Gasteiger partial charge in [0.2, 0.25) is 11.8 Å². The van der Waals surface area contributed by atoms with E-state index in [9.17, 15) is 18.0 Å². The number of hydrogen-bond acceptors (Lipinski definition) is 7. The smallest absolute Gasteiger partial charge is 0.264 e. The largest absolute Gasteiger partial charge is 0.497 e. The number of nitrogens with one attached hydrogen (secondary N) is 1. The van der Waals surface area contributed by atoms with Crippen LogP contribution in [0, 0.1) is 6.92 Å². The van der Waals surface area contributed by atoms with Crippen LogP contribution in [0.5, 0.6) is 17.2 Å². The van der Waals surface area contributed by atoms with Gasteiger partial charge in [-0.05, 0) is 68.7 Å². The van der Waals surface area contributed by atoms with Gasteiger partial charge in [0.15, 0.2) is 11.5 Å². The molecule has 2 atom stereocenters. The topological polar surface area (TPSA) is 114 Å². The Morgan fingerprint density at radius 2 is 1.55 bits per heavy atom. The van der Waals surface area contributed by atoms with Gasteiger partial charge in [-0.15, -0.1) is 0 Å². The zero-order chi connectivity index (χ0) is 32.4. The number of benzene rings is 3. The summed E-state index contributed by atoms with van der Waals surface area (Å²) in [5.74, 6) is 0.360. The van der Waals surface area contributed by atoms with Crippen molar-refractivity contribution in [3.8, 4) is 17.2 Å². The molecule has 0 radical (unpaired) electrons. The minimum absolute atomic E-state index is 0.0700. The third kappa shape index (κ3) is 8.22. The molecule has 3 rings (SSSR count). The number of aryl methyl sites for hydroxylation is 1. The van der Waals surface area contributed by atoms with Crippen molar-refractivity contribution in [2.24, 2.45) is 0 Å². The van der Waals surface area contributed by atoms with Crippen LogP contribution < -0.4 is 23.8 Å². The summed E-state index contributed by atoms with van der Waals surface area (Å²) in [5, 5.41) is 2.98. The molecule has 0 spiro atoms. The normalized spacial score (nSPS) is 12.5. The third-order valence-electron chi connectivity index (χ3n) is 7.42. The Balaban J connectivity index is 2.10. The average Bonchev–Trinajstić information content (AvgIpc) is 3.03. The second-order valence-corrected chi connectivity index (χ2v) is 12.3. The Bertz CT molecular complexity index is 1530. The molecule has 2 amide bonds. The van der Waals surface area contributed by atoms with Crippen molar-refractivity contribution >= 4 is 27.5 Å². The van der Waals surface area contributed by atoms with E-state index < -0.39 is 28.5 Å². The highest BCUT2D eigenvalue weighted by atomic mass is 32.2. The van der Waals surface area contributed by atoms with Gasteiger partial charge in [-0.1, -0.05) is 43.7 Å². The van der Waals surface area contributed by atoms with Crippen LogP contribution in [0.1, 0.15) is 44.7 Å². The lowest BCUT2D eigenvalue weighted by atomic mass is 10.1. The molecule has 0 unspecified atom stereocenters. The van der Waals surface area contributed by atoms with Crippen molar-refractivity contribution in [3.63, 3.8) is 0 Å². The number of nitrogens with zero attached hydrogens (tertiary/aromatic N) is 2. The monoisotopic (exact) mass is 625 g/mol. The molecule has 3 aromatic carbocycles. The van der Waals surface area contributed by atoms with Crippen molar-refractivity contribution in [1.82, 2.24) is 10.2 Å². The highest BCUT2D eigenvalue weighted by molar-refractivity contribution is 7.92. The molecular formula is C33H43N3O7S. The Labute approximate surface area is 261 Å². The van der Waals surface area contributed by atoms with Gasteiger partial charge >= 0.3 is 0 Å². The molecule has 10 nitrogen and oxygen atoms in total. The van der Waals surface area contributed by atoms with Crippen molar-refractivity contribution in [2.75, 3.05) is 32.2 Å². The molecule has 0 aliphatic carbocycles. The Morgan fingerprint density at radius 3 is 2.14 bits per heavy atom. The minimum Gasteiger partial charge on any atom is -0.497 e. The Hall–Kier alpha value is -4.25. The fraction of sp³-hybridized carbons (Fsp3) is 0.394. The second kappa shape index (κ2) is 15.5. The van der Waals surface area contributed by atoms with Crippen LogP contribution >= 0.6 is 0 Å². The SMILES string of the molecule is CC[C@@H](C)NC(=O)[C@H](CC)N(Cc1cccc(OC)c1)C(=O)CN(c1ccc(C)cc1)S(=O)(=O)c1ccc(OC)c(OC)c1. The predicted molar refractivity (Wildman–Crippen MR) is 171 cm³/mol. The van der Waals surface area contributed by atoms with Crippen molar-refractivity contribution in [3.05, 3.63) is 77.9 Å². The van der Waals surface area contributed by atoms with Crippen LogP contribution in [0.15, 0.2) is 71.6 Å². The molecular weight excluding hydrogens is 582 g/mol. The predicted octanol–water partition coefficient (Wildman–Crippen LogP) is 4.94. The van der Waals surface area contributed by atoms with Gasteiger partial charge in [0.25, 0.3) is 10.0 Å². The number of rotatable bonds is 15. The first-order valence-electron chi connectivity index (χ1n) is 14.5. The van der Waals surface area contributed by atoms with Gasteiger partial charge in [-0.2, -0.15) is 0 Å². The van der Waals surface area contributed by atoms with E-state index in [0.717, 1.165) is 21.9 Å². The number of carbonyl (C=O) groups excluding carboxylic acids is 2. The number of amides is 2. The molecule has 11 heteroatoms. The van der Waals surface area contributed by atoms with E-state index in [-0.39, 0.29) is 29.1 Å². The molecule has 0 aliphatic rings. The second-order valence-electron chi connectivity index (χ2n) is 10.5. The van der Waals surface area contributed by atoms with E-state index in [4.69, 9.17) is 14.2 Å². The van der Waals surface area contributed by atoms with Crippen LogP contribution in [0.2, 0.25) is 0 Å². The van der Waals surface area contributed by atoms with Crippen molar-refractivity contribution in [2.45, 2.75) is 64.1 Å². The molecule has 0 aromatic heterocycles. The summed E-state index contributed by atoms with van der Waals surface area (Å²) in [7, 11) is 0.146. The summed E-state index contributed by atoms with van der Waals surface area (Å²) in [4.78, 5) is 29.1. The number of sulfonamides is 1. The van der Waals surface area contributed by atoms with E-state index in [2.05, 4.69) is 5.32 Å². The number of hydrogen-bond donors (Lipinski definition) is 1. The molecule has 0 fully saturated rings. The Kier molecular flexibility index (Phi) is 12.0. The first-order chi connectivity index (χ1) is 21.0. The van der Waals surface area contributed by atoms with Gasteiger partial charge < -0.3 is 24.4 Å². The van der Waals surface area contributed by atoms with Gasteiger partial charge in [0.1, 0.15) is 18.3 Å². The number of methoxy groups -OCH3 is 3. The fourth-order valence-electron chi connectivity index (χ4n) is 4.67. The summed E-state index contributed by atoms with van der Waals surface area (Å²) >= 11 is 0. The van der Waals surface area contributed by atoms with E-state index >= 15 is 0 Å². The summed E-state index contributed by atoms with van der Waals surface area (Å²) in [6, 6.07) is 17.4. The Morgan fingerprint density at radius 1 is 0.864 bits per heavy atom. The van der Waals surface area contributed by atoms with Crippen molar-refractivity contribution in [1.29, 1.82) is 0 Å². The van der Waals surface area contributed by atoms with Gasteiger partial charge in [-0.25, -0.2) is 8.42 Å². The van der Waals surface area contributed by atoms with Crippen LogP contribution in [-0.2, 0) is 26.2 Å². The summed E-state index contributed by atoms with van der Waals surface area (Å²) in [6.45, 7) is 7.10. The van der Waals surface area contributed by atoms with Crippen LogP contribution in [0.25, 0.3) is 0 Å². The number of anilines is 1. The molecule has 1 N–H and O–H groups in total. The maximum atomic E-state index is 14.3. The van der Waals surface area contributed by atoms with E-state index in [0.29, 0.717) is 23.6 Å². The molecule has 0 saturated heterocycles. The molecule has 0 heterocycles. The standard InChI is InChI=1S/C33H43N3O7S/c1-8-24(4)34-33(38)29(9-2)35(21-25-11-10-12-27(19-25)41-5)32(37)22-36(26-15-13-23(3)14-16-26)44(39,40)28-17-18-30(42-6)31(20-28)43-7/h10-20,24,29H,8-9,21-22H2,1-7H3,(H,34,38)/t24-,29+/m1/s1. The van der Waals surface area contributed by atoms with Crippen LogP contribution in [0.4, 0.5) is 5.69 Å². The third-order valence-corrected chi connectivity index (χ3v) is 9.19. The summed E-state index contributed by atoms with van der Waals surface area (Å²) in [6.07, 6.45) is 1.04. The van der Waals surface area contributed by atoms with Crippen LogP contribution in [-0.4, -0.2) is 65.1 Å². The summed E-state index contributed by atoms with van der Waals surface area (Å²) < 4.78 is 45.5. The lowest BCUT2D eigenvalue weighted by molar-refractivity contribution is -0.140. The van der Waals surface area contributed by atoms with Gasteiger partial charge in [0, 0.05) is 18.7 Å². The zero-order valence-corrected chi connectivity index (χ0v) is 27.3. The maximum Gasteiger partial charge on any atom is 0.264 e. The number of carbonyl (C=O) groups is 2. The minimum atomic E-state index is -4.28. The van der Waals surface area contributed by atoms with E-state index in [1.54, 1.807) is 49.6 Å².